The van der Waals surface area contributed by atoms with Gasteiger partial charge in [0.05, 0.1) is 5.69 Å². The van der Waals surface area contributed by atoms with Crippen LogP contribution in [0.25, 0.3) is 16.7 Å². The zero-order valence-corrected chi connectivity index (χ0v) is 18.3. The van der Waals surface area contributed by atoms with Gasteiger partial charge in [0.1, 0.15) is 5.65 Å². The van der Waals surface area contributed by atoms with Crippen molar-refractivity contribution >= 4 is 17.0 Å². The topological polar surface area (TPSA) is 127 Å². The first-order valence-electron chi connectivity index (χ1n) is 10.5. The zero-order chi connectivity index (χ0) is 22.1. The highest BCUT2D eigenvalue weighted by Crippen LogP contribution is 2.17. The van der Waals surface area contributed by atoms with Crippen LogP contribution in [-0.4, -0.2) is 33.6 Å². The Hall–Kier alpha value is -3.13. The van der Waals surface area contributed by atoms with E-state index in [1.54, 1.807) is 4.57 Å². The predicted octanol–water partition coefficient (Wildman–Crippen LogP) is 2.62. The molecule has 2 heterocycles. The minimum atomic E-state index is -0.296. The van der Waals surface area contributed by atoms with Crippen LogP contribution in [0.5, 0.6) is 0 Å². The number of hydrogen-bond acceptors (Lipinski definition) is 4. The number of aryl methyl sites for hydroxylation is 1. The summed E-state index contributed by atoms with van der Waals surface area (Å²) in [4.78, 5) is 23.7. The number of aromatic amines is 1. The third-order valence-corrected chi connectivity index (χ3v) is 4.70. The lowest BCUT2D eigenvalue weighted by atomic mass is 10.1. The summed E-state index contributed by atoms with van der Waals surface area (Å²) in [6.45, 7) is 9.58. The normalized spacial score (nSPS) is 11.6. The largest absolute Gasteiger partial charge is 0.370 e. The molecule has 30 heavy (non-hydrogen) atoms. The molecule has 8 heteroatoms. The number of aromatic nitrogens is 3. The maximum Gasteiger partial charge on any atom is 0.354 e. The first-order valence-corrected chi connectivity index (χ1v) is 10.5. The number of fused-ring (bicyclic) bond motifs is 1. The summed E-state index contributed by atoms with van der Waals surface area (Å²) in [5.41, 5.74) is 14.0. The van der Waals surface area contributed by atoms with Crippen LogP contribution >= 0.6 is 0 Å². The summed E-state index contributed by atoms with van der Waals surface area (Å²) in [6.07, 6.45) is 3.56. The summed E-state index contributed by atoms with van der Waals surface area (Å²) in [5.74, 6) is 0.122. The van der Waals surface area contributed by atoms with Crippen molar-refractivity contribution in [3.05, 3.63) is 58.3 Å². The van der Waals surface area contributed by atoms with Gasteiger partial charge in [-0.3, -0.25) is 9.56 Å². The molecule has 2 aromatic heterocycles. The fourth-order valence-corrected chi connectivity index (χ4v) is 3.07. The van der Waals surface area contributed by atoms with Gasteiger partial charge in [-0.25, -0.2) is 4.79 Å². The molecule has 0 unspecified atom stereocenters. The molecule has 0 saturated carbocycles. The van der Waals surface area contributed by atoms with Crippen molar-refractivity contribution in [1.82, 2.24) is 19.9 Å². The Morgan fingerprint density at radius 3 is 2.60 bits per heavy atom. The standard InChI is InChI=1S/C20H27N7O.C2H6/c1-3-16-11-15-12-27(20(28)26-18(15)25-16)17-7-5-14(6-8-17)13(2)23-9-4-10-24-19(21)22;1-2/h5-8,11-13,23H,3-4,9-10H2,1-2H3,(H4,21,22,24)(H,25,26,28);1-2H3/t13-;/m0./s1. The second kappa shape index (κ2) is 11.2. The Morgan fingerprint density at radius 1 is 1.27 bits per heavy atom. The lowest BCUT2D eigenvalue weighted by Gasteiger charge is -2.15. The highest BCUT2D eigenvalue weighted by atomic mass is 16.1. The highest BCUT2D eigenvalue weighted by molar-refractivity contribution is 5.76. The van der Waals surface area contributed by atoms with Crippen molar-refractivity contribution in [2.24, 2.45) is 16.5 Å². The van der Waals surface area contributed by atoms with E-state index in [-0.39, 0.29) is 17.7 Å². The van der Waals surface area contributed by atoms with E-state index < -0.39 is 0 Å². The molecule has 3 rings (SSSR count). The minimum absolute atomic E-state index is 0.122. The van der Waals surface area contributed by atoms with E-state index in [9.17, 15) is 4.79 Å². The molecule has 0 fully saturated rings. The number of guanidine groups is 1. The molecule has 8 nitrogen and oxygen atoms in total. The van der Waals surface area contributed by atoms with Crippen molar-refractivity contribution in [1.29, 1.82) is 0 Å². The number of nitrogens with two attached hydrogens (primary N) is 2. The van der Waals surface area contributed by atoms with Crippen LogP contribution in [0.1, 0.15) is 51.4 Å². The van der Waals surface area contributed by atoms with Crippen LogP contribution in [0.3, 0.4) is 0 Å². The van der Waals surface area contributed by atoms with Crippen LogP contribution < -0.4 is 22.5 Å². The second-order valence-electron chi connectivity index (χ2n) is 6.77. The third kappa shape index (κ3) is 5.93. The van der Waals surface area contributed by atoms with E-state index in [1.165, 1.54) is 0 Å². The van der Waals surface area contributed by atoms with Crippen molar-refractivity contribution in [2.45, 2.75) is 46.6 Å². The zero-order valence-electron chi connectivity index (χ0n) is 18.3. The molecule has 0 aliphatic heterocycles. The SMILES string of the molecule is CC.CCc1cc2cn(-c3ccc([C@H](C)NCCCN=C(N)N)cc3)c(=O)nc2[nH]1. The second-order valence-corrected chi connectivity index (χ2v) is 6.77. The van der Waals surface area contributed by atoms with Gasteiger partial charge in [-0.2, -0.15) is 4.98 Å². The van der Waals surface area contributed by atoms with Gasteiger partial charge in [0.15, 0.2) is 5.96 Å². The summed E-state index contributed by atoms with van der Waals surface area (Å²) in [6, 6.07) is 10.1. The van der Waals surface area contributed by atoms with Crippen LogP contribution in [0.2, 0.25) is 0 Å². The number of nitrogens with one attached hydrogen (secondary N) is 2. The summed E-state index contributed by atoms with van der Waals surface area (Å²) in [5, 5.41) is 4.37. The Morgan fingerprint density at radius 2 is 1.97 bits per heavy atom. The number of H-pyrrole nitrogens is 1. The number of aliphatic imine (C=N–C) groups is 1. The number of nitrogens with zero attached hydrogens (tertiary/aromatic N) is 3. The van der Waals surface area contributed by atoms with E-state index >= 15 is 0 Å². The number of benzene rings is 1. The molecule has 0 bridgehead atoms. The molecular formula is C22H33N7O. The van der Waals surface area contributed by atoms with Gasteiger partial charge in [-0.05, 0) is 50.1 Å². The summed E-state index contributed by atoms with van der Waals surface area (Å²) >= 11 is 0. The van der Waals surface area contributed by atoms with E-state index in [1.807, 2.05) is 50.4 Å². The maximum atomic E-state index is 12.4. The Bertz CT molecular complexity index is 1010. The molecule has 0 saturated heterocycles. The van der Waals surface area contributed by atoms with Crippen LogP contribution in [-0.2, 0) is 6.42 Å². The van der Waals surface area contributed by atoms with Crippen molar-refractivity contribution in [2.75, 3.05) is 13.1 Å². The van der Waals surface area contributed by atoms with E-state index in [4.69, 9.17) is 11.5 Å². The van der Waals surface area contributed by atoms with Crippen LogP contribution in [0, 0.1) is 0 Å². The molecule has 0 aliphatic carbocycles. The fraction of sp³-hybridized carbons (Fsp3) is 0.409. The molecule has 162 valence electrons. The monoisotopic (exact) mass is 411 g/mol. The van der Waals surface area contributed by atoms with E-state index in [0.717, 1.165) is 41.7 Å². The predicted molar refractivity (Wildman–Crippen MR) is 124 cm³/mol. The third-order valence-electron chi connectivity index (χ3n) is 4.70. The van der Waals surface area contributed by atoms with E-state index in [0.29, 0.717) is 12.2 Å². The summed E-state index contributed by atoms with van der Waals surface area (Å²) in [7, 11) is 0. The maximum absolute atomic E-state index is 12.4. The number of rotatable bonds is 8. The quantitative estimate of drug-likeness (QED) is 0.257. The molecular weight excluding hydrogens is 378 g/mol. The van der Waals surface area contributed by atoms with Crippen LogP contribution in [0.15, 0.2) is 46.3 Å². The van der Waals surface area contributed by atoms with Gasteiger partial charge in [-0.1, -0.05) is 32.9 Å². The van der Waals surface area contributed by atoms with Crippen LogP contribution in [0.4, 0.5) is 0 Å². The average Bonchev–Trinajstić information content (AvgIpc) is 3.16. The molecule has 0 radical (unpaired) electrons. The first kappa shape index (κ1) is 23.2. The van der Waals surface area contributed by atoms with Crippen molar-refractivity contribution < 1.29 is 0 Å². The van der Waals surface area contributed by atoms with Gasteiger partial charge >= 0.3 is 5.69 Å². The highest BCUT2D eigenvalue weighted by Gasteiger charge is 2.09. The molecule has 0 spiro atoms. The number of hydrogen-bond donors (Lipinski definition) is 4. The fourth-order valence-electron chi connectivity index (χ4n) is 3.07. The Balaban J connectivity index is 0.00000155. The van der Waals surface area contributed by atoms with Gasteiger partial charge < -0.3 is 21.8 Å². The minimum Gasteiger partial charge on any atom is -0.370 e. The lowest BCUT2D eigenvalue weighted by Crippen LogP contribution is -2.24. The smallest absolute Gasteiger partial charge is 0.354 e. The Labute approximate surface area is 177 Å². The average molecular weight is 412 g/mol. The van der Waals surface area contributed by atoms with Gasteiger partial charge in [-0.15, -0.1) is 0 Å². The molecule has 6 N–H and O–H groups in total. The van der Waals surface area contributed by atoms with Gasteiger partial charge in [0.25, 0.3) is 0 Å². The lowest BCUT2D eigenvalue weighted by molar-refractivity contribution is 0.562. The molecule has 3 aromatic rings. The van der Waals surface area contributed by atoms with E-state index in [2.05, 4.69) is 34.1 Å². The van der Waals surface area contributed by atoms with Crippen molar-refractivity contribution in [3.63, 3.8) is 0 Å². The summed E-state index contributed by atoms with van der Waals surface area (Å²) < 4.78 is 1.58. The molecule has 0 amide bonds. The van der Waals surface area contributed by atoms with Crippen molar-refractivity contribution in [3.8, 4) is 5.69 Å². The molecule has 0 aliphatic rings. The van der Waals surface area contributed by atoms with Gasteiger partial charge in [0.2, 0.25) is 0 Å². The molecule has 1 atom stereocenters. The first-order chi connectivity index (χ1) is 14.5. The Kier molecular flexibility index (Phi) is 8.61. The van der Waals surface area contributed by atoms with Gasteiger partial charge in [0, 0.05) is 29.9 Å². The molecule has 1 aromatic carbocycles.